The van der Waals surface area contributed by atoms with Gasteiger partial charge in [0, 0.05) is 18.4 Å². The summed E-state index contributed by atoms with van der Waals surface area (Å²) in [5.41, 5.74) is 6.64. The molecule has 6 atom stereocenters. The number of fused-ring (bicyclic) bond motifs is 6. The maximum absolute atomic E-state index is 6.48. The van der Waals surface area contributed by atoms with Crippen LogP contribution in [0.4, 0.5) is 0 Å². The first kappa shape index (κ1) is 19.3. The van der Waals surface area contributed by atoms with Gasteiger partial charge in [-0.1, -0.05) is 57.2 Å². The molecule has 4 heteroatoms. The molecule has 0 amide bonds. The highest BCUT2D eigenvalue weighted by atomic mass is 16.7. The van der Waals surface area contributed by atoms with Crippen LogP contribution in [0.3, 0.4) is 0 Å². The van der Waals surface area contributed by atoms with Crippen LogP contribution in [0.5, 0.6) is 5.75 Å². The van der Waals surface area contributed by atoms with E-state index >= 15 is 0 Å². The van der Waals surface area contributed by atoms with Gasteiger partial charge in [0.05, 0.1) is 6.10 Å². The van der Waals surface area contributed by atoms with Crippen molar-refractivity contribution in [1.82, 2.24) is 0 Å². The SMILES string of the molecule is CC1(C)[C@@H]2CC[C@@]1(C)[C@H]1O[C@H](O[C@H](CN)COc3cccc4ccccc34)C[C@@H]21. The van der Waals surface area contributed by atoms with Gasteiger partial charge in [-0.25, -0.2) is 0 Å². The molecule has 156 valence electrons. The van der Waals surface area contributed by atoms with E-state index in [4.69, 9.17) is 19.9 Å². The summed E-state index contributed by atoms with van der Waals surface area (Å²) in [5.74, 6) is 2.24. The highest BCUT2D eigenvalue weighted by Gasteiger charge is 2.69. The van der Waals surface area contributed by atoms with Crippen molar-refractivity contribution in [1.29, 1.82) is 0 Å². The standard InChI is InChI=1S/C25H33NO3/c1-24(2)20-11-12-25(24,3)23-19(20)13-22(29-23)28-17(14-26)15-27-21-10-6-8-16-7-4-5-9-18(16)21/h4-10,17,19-20,22-23H,11-15,26H2,1-3H3/t17-,19+,20-,22+,23+,25+/m1/s1. The topological polar surface area (TPSA) is 53.7 Å². The van der Waals surface area contributed by atoms with Crippen LogP contribution in [0.15, 0.2) is 42.5 Å². The first-order chi connectivity index (χ1) is 13.9. The smallest absolute Gasteiger partial charge is 0.158 e. The summed E-state index contributed by atoms with van der Waals surface area (Å²) in [4.78, 5) is 0. The van der Waals surface area contributed by atoms with Crippen molar-refractivity contribution >= 4 is 10.8 Å². The Labute approximate surface area is 173 Å². The van der Waals surface area contributed by atoms with Gasteiger partial charge in [-0.3, -0.25) is 0 Å². The Balaban J connectivity index is 1.23. The molecule has 2 saturated carbocycles. The molecule has 0 aromatic heterocycles. The molecule has 1 heterocycles. The van der Waals surface area contributed by atoms with E-state index in [1.807, 2.05) is 24.3 Å². The van der Waals surface area contributed by atoms with Crippen LogP contribution in [0, 0.1) is 22.7 Å². The van der Waals surface area contributed by atoms with Gasteiger partial charge < -0.3 is 19.9 Å². The molecule has 3 aliphatic rings. The van der Waals surface area contributed by atoms with Crippen LogP contribution in [-0.4, -0.2) is 31.6 Å². The van der Waals surface area contributed by atoms with Crippen molar-refractivity contribution in [3.63, 3.8) is 0 Å². The van der Waals surface area contributed by atoms with E-state index in [1.54, 1.807) is 0 Å². The lowest BCUT2D eigenvalue weighted by molar-refractivity contribution is -0.188. The number of hydrogen-bond donors (Lipinski definition) is 1. The monoisotopic (exact) mass is 395 g/mol. The fraction of sp³-hybridized carbons (Fsp3) is 0.600. The van der Waals surface area contributed by atoms with Gasteiger partial charge in [0.15, 0.2) is 6.29 Å². The maximum Gasteiger partial charge on any atom is 0.158 e. The number of rotatable bonds is 6. The van der Waals surface area contributed by atoms with Gasteiger partial charge in [-0.2, -0.15) is 0 Å². The first-order valence-electron chi connectivity index (χ1n) is 11.1. The van der Waals surface area contributed by atoms with Gasteiger partial charge >= 0.3 is 0 Å². The van der Waals surface area contributed by atoms with Gasteiger partial charge in [0.2, 0.25) is 0 Å². The van der Waals surface area contributed by atoms with Crippen molar-refractivity contribution in [2.75, 3.05) is 13.2 Å². The predicted octanol–water partition coefficient (Wildman–Crippen LogP) is 4.75. The van der Waals surface area contributed by atoms with Gasteiger partial charge in [-0.05, 0) is 47.0 Å². The summed E-state index contributed by atoms with van der Waals surface area (Å²) in [7, 11) is 0. The molecule has 0 spiro atoms. The molecule has 2 N–H and O–H groups in total. The second kappa shape index (κ2) is 6.97. The molecule has 5 rings (SSSR count). The second-order valence-electron chi connectivity index (χ2n) is 9.95. The molecular formula is C25H33NO3. The molecule has 4 nitrogen and oxygen atoms in total. The summed E-state index contributed by atoms with van der Waals surface area (Å²) < 4.78 is 18.9. The van der Waals surface area contributed by atoms with Gasteiger partial charge in [0.25, 0.3) is 0 Å². The number of hydrogen-bond acceptors (Lipinski definition) is 4. The van der Waals surface area contributed by atoms with Crippen LogP contribution in [-0.2, 0) is 9.47 Å². The van der Waals surface area contributed by atoms with E-state index in [-0.39, 0.29) is 17.8 Å². The predicted molar refractivity (Wildman–Crippen MR) is 115 cm³/mol. The number of benzene rings is 2. The molecule has 2 aromatic carbocycles. The minimum absolute atomic E-state index is 0.161. The van der Waals surface area contributed by atoms with Crippen molar-refractivity contribution in [3.05, 3.63) is 42.5 Å². The lowest BCUT2D eigenvalue weighted by Gasteiger charge is -2.38. The third kappa shape index (κ3) is 2.91. The average Bonchev–Trinajstić information content (AvgIpc) is 3.29. The molecule has 3 fully saturated rings. The summed E-state index contributed by atoms with van der Waals surface area (Å²) in [6, 6.07) is 14.4. The largest absolute Gasteiger partial charge is 0.490 e. The highest BCUT2D eigenvalue weighted by molar-refractivity contribution is 5.88. The Kier molecular flexibility index (Phi) is 4.65. The number of nitrogens with two attached hydrogens (primary N) is 1. The van der Waals surface area contributed by atoms with Crippen LogP contribution in [0.25, 0.3) is 10.8 Å². The minimum Gasteiger partial charge on any atom is -0.490 e. The lowest BCUT2D eigenvalue weighted by Crippen LogP contribution is -2.39. The van der Waals surface area contributed by atoms with Crippen molar-refractivity contribution in [3.8, 4) is 5.75 Å². The highest BCUT2D eigenvalue weighted by Crippen LogP contribution is 2.71. The van der Waals surface area contributed by atoms with Crippen LogP contribution >= 0.6 is 0 Å². The van der Waals surface area contributed by atoms with Crippen molar-refractivity contribution in [2.45, 2.75) is 58.5 Å². The Morgan fingerprint density at radius 1 is 1.14 bits per heavy atom. The van der Waals surface area contributed by atoms with E-state index in [0.29, 0.717) is 30.6 Å². The normalized spacial score (nSPS) is 35.7. The first-order valence-corrected chi connectivity index (χ1v) is 11.1. The van der Waals surface area contributed by atoms with Gasteiger partial charge in [0.1, 0.15) is 18.5 Å². The van der Waals surface area contributed by atoms with E-state index in [9.17, 15) is 0 Å². The third-order valence-corrected chi connectivity index (χ3v) is 8.45. The Bertz CT molecular complexity index is 891. The zero-order valence-electron chi connectivity index (χ0n) is 17.8. The maximum atomic E-state index is 6.48. The van der Waals surface area contributed by atoms with E-state index < -0.39 is 0 Å². The third-order valence-electron chi connectivity index (χ3n) is 8.45. The minimum atomic E-state index is -0.170. The fourth-order valence-corrected chi connectivity index (χ4v) is 6.45. The molecular weight excluding hydrogens is 362 g/mol. The lowest BCUT2D eigenvalue weighted by atomic mass is 9.70. The molecule has 2 aromatic rings. The molecule has 1 saturated heterocycles. The Morgan fingerprint density at radius 3 is 2.72 bits per heavy atom. The van der Waals surface area contributed by atoms with Crippen LogP contribution in [0.1, 0.15) is 40.0 Å². The second-order valence-corrected chi connectivity index (χ2v) is 9.95. The quantitative estimate of drug-likeness (QED) is 0.767. The van der Waals surface area contributed by atoms with Crippen molar-refractivity contribution < 1.29 is 14.2 Å². The Hall–Kier alpha value is -1.62. The zero-order valence-corrected chi connectivity index (χ0v) is 17.8. The molecule has 0 unspecified atom stereocenters. The van der Waals surface area contributed by atoms with Crippen LogP contribution < -0.4 is 10.5 Å². The van der Waals surface area contributed by atoms with E-state index in [1.165, 1.54) is 18.2 Å². The molecule has 2 bridgehead atoms. The van der Waals surface area contributed by atoms with E-state index in [2.05, 4.69) is 39.0 Å². The average molecular weight is 396 g/mol. The molecule has 1 aliphatic heterocycles. The fourth-order valence-electron chi connectivity index (χ4n) is 6.45. The van der Waals surface area contributed by atoms with Crippen molar-refractivity contribution in [2.24, 2.45) is 28.4 Å². The summed E-state index contributed by atoms with van der Waals surface area (Å²) in [6.45, 7) is 8.15. The molecule has 0 radical (unpaired) electrons. The number of ether oxygens (including phenoxy) is 3. The molecule has 29 heavy (non-hydrogen) atoms. The van der Waals surface area contributed by atoms with Gasteiger partial charge in [-0.15, -0.1) is 0 Å². The zero-order chi connectivity index (χ0) is 20.2. The Morgan fingerprint density at radius 2 is 1.93 bits per heavy atom. The van der Waals surface area contributed by atoms with E-state index in [0.717, 1.165) is 23.5 Å². The summed E-state index contributed by atoms with van der Waals surface area (Å²) in [5, 5.41) is 2.29. The summed E-state index contributed by atoms with van der Waals surface area (Å²) in [6.07, 6.45) is 3.56. The molecule has 2 aliphatic carbocycles. The summed E-state index contributed by atoms with van der Waals surface area (Å²) >= 11 is 0. The van der Waals surface area contributed by atoms with Crippen LogP contribution in [0.2, 0.25) is 0 Å².